The van der Waals surface area contributed by atoms with Crippen LogP contribution in [0.2, 0.25) is 5.02 Å². The van der Waals surface area contributed by atoms with Crippen molar-refractivity contribution in [1.29, 1.82) is 0 Å². The highest BCUT2D eigenvalue weighted by molar-refractivity contribution is 9.10. The normalized spacial score (nSPS) is 15.6. The van der Waals surface area contributed by atoms with Crippen LogP contribution >= 0.6 is 39.3 Å². The van der Waals surface area contributed by atoms with Gasteiger partial charge in [-0.15, -0.1) is 0 Å². The SMILES string of the molecule is CCOc1cc(/C=C2\SC(=Nc3ccc(C)cc3)NC2=O)cc(Cl)c1OCc1ccc(Br)cc1. The molecule has 0 radical (unpaired) electrons. The zero-order chi connectivity index (χ0) is 24.1. The number of rotatable bonds is 7. The fraction of sp³-hybridized carbons (Fsp3) is 0.154. The second kappa shape index (κ2) is 11.1. The maximum Gasteiger partial charge on any atom is 0.264 e. The number of aryl methyl sites for hydroxylation is 1. The van der Waals surface area contributed by atoms with Gasteiger partial charge in [-0.2, -0.15) is 0 Å². The number of carbonyl (C=O) groups excluding carboxylic acids is 1. The van der Waals surface area contributed by atoms with Crippen LogP contribution < -0.4 is 14.8 Å². The largest absolute Gasteiger partial charge is 0.490 e. The van der Waals surface area contributed by atoms with Gasteiger partial charge in [0.15, 0.2) is 16.7 Å². The summed E-state index contributed by atoms with van der Waals surface area (Å²) in [6, 6.07) is 19.2. The summed E-state index contributed by atoms with van der Waals surface area (Å²) < 4.78 is 12.8. The summed E-state index contributed by atoms with van der Waals surface area (Å²) in [5, 5.41) is 3.75. The molecule has 174 valence electrons. The predicted octanol–water partition coefficient (Wildman–Crippen LogP) is 7.28. The molecule has 3 aromatic carbocycles. The van der Waals surface area contributed by atoms with Crippen LogP contribution in [0.3, 0.4) is 0 Å². The van der Waals surface area contributed by atoms with Crippen LogP contribution in [0, 0.1) is 6.92 Å². The van der Waals surface area contributed by atoms with Crippen LogP contribution in [0.4, 0.5) is 5.69 Å². The standard InChI is InChI=1S/C26H22BrClN2O3S/c1-3-32-22-13-18(12-21(28)24(22)33-15-17-6-8-19(27)9-7-17)14-23-25(31)30-26(34-23)29-20-10-4-16(2)5-11-20/h4-14H,3,15H2,1-2H3,(H,29,30,31)/b23-14-. The smallest absolute Gasteiger partial charge is 0.264 e. The van der Waals surface area contributed by atoms with Crippen molar-refractivity contribution in [2.24, 2.45) is 4.99 Å². The summed E-state index contributed by atoms with van der Waals surface area (Å²) in [6.07, 6.45) is 1.77. The molecule has 0 atom stereocenters. The Hall–Kier alpha value is -2.74. The van der Waals surface area contributed by atoms with Crippen molar-refractivity contribution < 1.29 is 14.3 Å². The Morgan fingerprint density at radius 2 is 1.82 bits per heavy atom. The molecule has 0 unspecified atom stereocenters. The first kappa shape index (κ1) is 24.4. The molecule has 1 saturated heterocycles. The van der Waals surface area contributed by atoms with E-state index in [-0.39, 0.29) is 5.91 Å². The number of halogens is 2. The number of amides is 1. The highest BCUT2D eigenvalue weighted by atomic mass is 79.9. The Kier molecular flexibility index (Phi) is 7.98. The van der Waals surface area contributed by atoms with E-state index in [1.807, 2.05) is 68.4 Å². The molecule has 1 aliphatic heterocycles. The molecule has 1 heterocycles. The van der Waals surface area contributed by atoms with Crippen LogP contribution in [0.5, 0.6) is 11.5 Å². The van der Waals surface area contributed by atoms with Crippen molar-refractivity contribution in [2.45, 2.75) is 20.5 Å². The number of thioether (sulfide) groups is 1. The lowest BCUT2D eigenvalue weighted by Gasteiger charge is -2.15. The van der Waals surface area contributed by atoms with Crippen LogP contribution in [0.25, 0.3) is 6.08 Å². The maximum atomic E-state index is 12.5. The predicted molar refractivity (Wildman–Crippen MR) is 143 cm³/mol. The summed E-state index contributed by atoms with van der Waals surface area (Å²) in [6.45, 7) is 4.71. The fourth-order valence-electron chi connectivity index (χ4n) is 3.18. The van der Waals surface area contributed by atoms with Gasteiger partial charge >= 0.3 is 0 Å². The number of hydrogen-bond acceptors (Lipinski definition) is 5. The lowest BCUT2D eigenvalue weighted by atomic mass is 10.1. The minimum absolute atomic E-state index is 0.208. The third kappa shape index (κ3) is 6.23. The van der Waals surface area contributed by atoms with E-state index < -0.39 is 0 Å². The van der Waals surface area contributed by atoms with Gasteiger partial charge in [0.05, 0.1) is 22.2 Å². The van der Waals surface area contributed by atoms with Crippen molar-refractivity contribution in [3.8, 4) is 11.5 Å². The Bertz CT molecular complexity index is 1260. The molecule has 8 heteroatoms. The lowest BCUT2D eigenvalue weighted by Crippen LogP contribution is -2.19. The number of nitrogens with zero attached hydrogens (tertiary/aromatic N) is 1. The first-order valence-electron chi connectivity index (χ1n) is 10.6. The molecule has 3 aromatic rings. The molecule has 0 spiro atoms. The fourth-order valence-corrected chi connectivity index (χ4v) is 4.56. The van der Waals surface area contributed by atoms with Crippen molar-refractivity contribution >= 4 is 62.1 Å². The van der Waals surface area contributed by atoms with Gasteiger partial charge in [-0.3, -0.25) is 4.79 Å². The van der Waals surface area contributed by atoms with E-state index >= 15 is 0 Å². The van der Waals surface area contributed by atoms with E-state index in [4.69, 9.17) is 21.1 Å². The third-order valence-corrected chi connectivity index (χ3v) is 6.56. The molecule has 0 saturated carbocycles. The Balaban J connectivity index is 1.54. The minimum atomic E-state index is -0.208. The molecule has 0 aromatic heterocycles. The molecule has 34 heavy (non-hydrogen) atoms. The average molecular weight is 558 g/mol. The number of amidine groups is 1. The molecule has 0 bridgehead atoms. The van der Waals surface area contributed by atoms with Crippen molar-refractivity contribution in [3.05, 3.63) is 91.8 Å². The van der Waals surface area contributed by atoms with Gasteiger partial charge in [-0.05, 0) is 79.2 Å². The Morgan fingerprint density at radius 1 is 1.09 bits per heavy atom. The van der Waals surface area contributed by atoms with Gasteiger partial charge in [-0.25, -0.2) is 4.99 Å². The summed E-state index contributed by atoms with van der Waals surface area (Å²) >= 11 is 11.3. The van der Waals surface area contributed by atoms with E-state index in [1.54, 1.807) is 12.1 Å². The highest BCUT2D eigenvalue weighted by Crippen LogP contribution is 2.39. The van der Waals surface area contributed by atoms with Crippen molar-refractivity contribution in [2.75, 3.05) is 6.61 Å². The third-order valence-electron chi connectivity index (χ3n) is 4.84. The van der Waals surface area contributed by atoms with E-state index in [2.05, 4.69) is 26.2 Å². The number of carbonyl (C=O) groups is 1. The van der Waals surface area contributed by atoms with Crippen molar-refractivity contribution in [1.82, 2.24) is 5.32 Å². The first-order chi connectivity index (χ1) is 16.4. The molecule has 5 nitrogen and oxygen atoms in total. The maximum absolute atomic E-state index is 12.5. The Morgan fingerprint density at radius 3 is 2.53 bits per heavy atom. The number of hydrogen-bond donors (Lipinski definition) is 1. The summed E-state index contributed by atoms with van der Waals surface area (Å²) in [4.78, 5) is 17.5. The first-order valence-corrected chi connectivity index (χ1v) is 12.6. The van der Waals surface area contributed by atoms with Crippen molar-refractivity contribution in [3.63, 3.8) is 0 Å². The molecular formula is C26H22BrClN2O3S. The number of ether oxygens (including phenoxy) is 2. The number of benzene rings is 3. The molecular weight excluding hydrogens is 536 g/mol. The lowest BCUT2D eigenvalue weighted by molar-refractivity contribution is -0.115. The summed E-state index contributed by atoms with van der Waals surface area (Å²) in [5.74, 6) is 0.787. The minimum Gasteiger partial charge on any atom is -0.490 e. The Labute approximate surface area is 216 Å². The second-order valence-corrected chi connectivity index (χ2v) is 9.85. The topological polar surface area (TPSA) is 59.9 Å². The zero-order valence-electron chi connectivity index (χ0n) is 18.6. The van der Waals surface area contributed by atoms with Crippen LogP contribution in [0.15, 0.2) is 75.0 Å². The van der Waals surface area contributed by atoms with Gasteiger partial charge in [-0.1, -0.05) is 57.4 Å². The van der Waals surface area contributed by atoms with E-state index in [1.165, 1.54) is 11.8 Å². The second-order valence-electron chi connectivity index (χ2n) is 7.50. The van der Waals surface area contributed by atoms with Gasteiger partial charge in [0.25, 0.3) is 5.91 Å². The van der Waals surface area contributed by atoms with Gasteiger partial charge in [0.1, 0.15) is 6.61 Å². The molecule has 0 aliphatic carbocycles. The average Bonchev–Trinajstić information content (AvgIpc) is 3.14. The molecule has 1 fully saturated rings. The quantitative estimate of drug-likeness (QED) is 0.310. The van der Waals surface area contributed by atoms with Gasteiger partial charge in [0.2, 0.25) is 0 Å². The van der Waals surface area contributed by atoms with E-state index in [0.29, 0.717) is 39.8 Å². The van der Waals surface area contributed by atoms with Crippen LogP contribution in [-0.2, 0) is 11.4 Å². The summed E-state index contributed by atoms with van der Waals surface area (Å²) in [5.41, 5.74) is 3.67. The van der Waals surface area contributed by atoms with E-state index in [0.717, 1.165) is 26.9 Å². The molecule has 1 aliphatic rings. The monoisotopic (exact) mass is 556 g/mol. The molecule has 1 N–H and O–H groups in total. The highest BCUT2D eigenvalue weighted by Gasteiger charge is 2.24. The zero-order valence-corrected chi connectivity index (χ0v) is 21.8. The number of aliphatic imine (C=N–C) groups is 1. The number of nitrogens with one attached hydrogen (secondary N) is 1. The van der Waals surface area contributed by atoms with Crippen LogP contribution in [-0.4, -0.2) is 17.7 Å². The van der Waals surface area contributed by atoms with E-state index in [9.17, 15) is 4.79 Å². The molecule has 4 rings (SSSR count). The summed E-state index contributed by atoms with van der Waals surface area (Å²) in [7, 11) is 0. The van der Waals surface area contributed by atoms with Crippen LogP contribution in [0.1, 0.15) is 23.6 Å². The molecule has 1 amide bonds. The van der Waals surface area contributed by atoms with Gasteiger partial charge in [0, 0.05) is 4.47 Å². The van der Waals surface area contributed by atoms with Gasteiger partial charge < -0.3 is 14.8 Å².